The number of hydrogen-bond donors (Lipinski definition) is 2. The topological polar surface area (TPSA) is 80.7 Å². The minimum atomic E-state index is -0.599. The number of carbonyl (C=O) groups is 1. The van der Waals surface area contributed by atoms with Gasteiger partial charge >= 0.3 is 6.09 Å². The first-order chi connectivity index (χ1) is 11.2. The second-order valence-corrected chi connectivity index (χ2v) is 7.62. The molecule has 0 fully saturated rings. The highest BCUT2D eigenvalue weighted by Crippen LogP contribution is 2.40. The van der Waals surface area contributed by atoms with Gasteiger partial charge in [-0.15, -0.1) is 11.3 Å². The lowest BCUT2D eigenvalue weighted by atomic mass is 10.1. The molecule has 0 aliphatic heterocycles. The maximum absolute atomic E-state index is 11.9. The summed E-state index contributed by atoms with van der Waals surface area (Å²) in [5.74, 6) is 0.424. The van der Waals surface area contributed by atoms with Crippen LogP contribution in [0.2, 0.25) is 4.34 Å². The van der Waals surface area contributed by atoms with Crippen molar-refractivity contribution in [2.45, 2.75) is 33.0 Å². The first-order valence-electron chi connectivity index (χ1n) is 7.17. The van der Waals surface area contributed by atoms with Gasteiger partial charge in [-0.3, -0.25) is 5.32 Å². The van der Waals surface area contributed by atoms with Crippen molar-refractivity contribution in [3.05, 3.63) is 28.2 Å². The fourth-order valence-electron chi connectivity index (χ4n) is 1.93. The van der Waals surface area contributed by atoms with Crippen LogP contribution in [0.25, 0.3) is 10.4 Å². The largest absolute Gasteiger partial charge is 0.481 e. The number of methoxy groups -OCH3 is 1. The number of aliphatic hydroxyl groups excluding tert-OH is 1. The van der Waals surface area contributed by atoms with Gasteiger partial charge in [-0.1, -0.05) is 11.6 Å². The van der Waals surface area contributed by atoms with E-state index in [4.69, 9.17) is 21.1 Å². The van der Waals surface area contributed by atoms with E-state index in [0.29, 0.717) is 21.5 Å². The molecular weight excluding hydrogens is 352 g/mol. The Labute approximate surface area is 149 Å². The number of pyridine rings is 1. The zero-order chi connectivity index (χ0) is 17.9. The fraction of sp³-hybridized carbons (Fsp3) is 0.375. The predicted molar refractivity (Wildman–Crippen MR) is 94.9 cm³/mol. The number of carbonyl (C=O) groups excluding carboxylic acids is 1. The Hall–Kier alpha value is -1.83. The van der Waals surface area contributed by atoms with E-state index < -0.39 is 11.7 Å². The molecule has 2 rings (SSSR count). The van der Waals surface area contributed by atoms with Crippen molar-refractivity contribution in [2.24, 2.45) is 0 Å². The van der Waals surface area contributed by atoms with E-state index in [2.05, 4.69) is 10.3 Å². The first-order valence-corrected chi connectivity index (χ1v) is 8.36. The van der Waals surface area contributed by atoms with E-state index in [1.807, 2.05) is 0 Å². The summed E-state index contributed by atoms with van der Waals surface area (Å²) in [5, 5.41) is 12.1. The predicted octanol–water partition coefficient (Wildman–Crippen LogP) is 4.31. The van der Waals surface area contributed by atoms with E-state index in [1.54, 1.807) is 39.1 Å². The Morgan fingerprint density at radius 1 is 1.42 bits per heavy atom. The fourth-order valence-corrected chi connectivity index (χ4v) is 3.17. The summed E-state index contributed by atoms with van der Waals surface area (Å²) >= 11 is 7.50. The molecule has 1 amide bonds. The molecule has 2 aromatic rings. The van der Waals surface area contributed by atoms with Crippen molar-refractivity contribution < 1.29 is 19.4 Å². The van der Waals surface area contributed by atoms with E-state index in [9.17, 15) is 9.90 Å². The van der Waals surface area contributed by atoms with Crippen LogP contribution in [0, 0.1) is 0 Å². The Bertz CT molecular complexity index is 740. The van der Waals surface area contributed by atoms with E-state index in [1.165, 1.54) is 18.4 Å². The third kappa shape index (κ3) is 4.59. The Morgan fingerprint density at radius 2 is 2.12 bits per heavy atom. The number of rotatable bonds is 4. The number of aromatic nitrogens is 1. The molecule has 0 atom stereocenters. The lowest BCUT2D eigenvalue weighted by molar-refractivity contribution is 0.0636. The van der Waals surface area contributed by atoms with Gasteiger partial charge in [0.05, 0.1) is 19.4 Å². The van der Waals surface area contributed by atoms with E-state index in [-0.39, 0.29) is 6.61 Å². The molecule has 130 valence electrons. The molecule has 6 nitrogen and oxygen atoms in total. The normalized spacial score (nSPS) is 11.2. The average Bonchev–Trinajstić information content (AvgIpc) is 2.85. The summed E-state index contributed by atoms with van der Waals surface area (Å²) < 4.78 is 10.8. The van der Waals surface area contributed by atoms with Crippen molar-refractivity contribution in [3.63, 3.8) is 0 Å². The quantitative estimate of drug-likeness (QED) is 0.838. The van der Waals surface area contributed by atoms with Gasteiger partial charge in [-0.05, 0) is 26.8 Å². The van der Waals surface area contributed by atoms with Gasteiger partial charge in [0.2, 0.25) is 5.88 Å². The number of thiophene rings is 1. The van der Waals surface area contributed by atoms with Crippen LogP contribution in [-0.4, -0.2) is 28.9 Å². The SMILES string of the molecule is COc1cc(-c2cc(NC(=O)OC(C)(C)C)c(Cl)s2)c(CO)cn1. The molecule has 0 aliphatic carbocycles. The number of anilines is 1. The molecule has 0 aliphatic rings. The van der Waals surface area contributed by atoms with Gasteiger partial charge in [0, 0.05) is 28.3 Å². The molecule has 0 saturated carbocycles. The summed E-state index contributed by atoms with van der Waals surface area (Å²) in [5.41, 5.74) is 1.23. The van der Waals surface area contributed by atoms with Crippen LogP contribution in [0.15, 0.2) is 18.3 Å². The van der Waals surface area contributed by atoms with Gasteiger partial charge in [0.1, 0.15) is 9.94 Å². The van der Waals surface area contributed by atoms with Gasteiger partial charge in [0.25, 0.3) is 0 Å². The molecule has 0 aromatic carbocycles. The van der Waals surface area contributed by atoms with Crippen LogP contribution in [0.4, 0.5) is 10.5 Å². The van der Waals surface area contributed by atoms with Crippen molar-refractivity contribution in [3.8, 4) is 16.3 Å². The number of hydrogen-bond acceptors (Lipinski definition) is 6. The molecule has 2 heterocycles. The molecule has 2 aromatic heterocycles. The number of ether oxygens (including phenoxy) is 2. The zero-order valence-corrected chi connectivity index (χ0v) is 15.4. The van der Waals surface area contributed by atoms with Gasteiger partial charge in [-0.25, -0.2) is 9.78 Å². The summed E-state index contributed by atoms with van der Waals surface area (Å²) in [6.45, 7) is 5.18. The number of amides is 1. The molecule has 2 N–H and O–H groups in total. The highest BCUT2D eigenvalue weighted by Gasteiger charge is 2.19. The molecule has 0 radical (unpaired) electrons. The molecule has 24 heavy (non-hydrogen) atoms. The third-order valence-electron chi connectivity index (χ3n) is 2.93. The van der Waals surface area contributed by atoms with Crippen molar-refractivity contribution in [1.82, 2.24) is 4.98 Å². The summed E-state index contributed by atoms with van der Waals surface area (Å²) in [7, 11) is 1.52. The summed E-state index contributed by atoms with van der Waals surface area (Å²) in [4.78, 5) is 16.7. The zero-order valence-electron chi connectivity index (χ0n) is 13.8. The second kappa shape index (κ2) is 7.38. The lowest BCUT2D eigenvalue weighted by Gasteiger charge is -2.19. The summed E-state index contributed by atoms with van der Waals surface area (Å²) in [6.07, 6.45) is 0.964. The highest BCUT2D eigenvalue weighted by atomic mass is 35.5. The number of halogens is 1. The van der Waals surface area contributed by atoms with Crippen LogP contribution in [0.5, 0.6) is 5.88 Å². The molecule has 8 heteroatoms. The number of nitrogens with one attached hydrogen (secondary N) is 1. The third-order valence-corrected chi connectivity index (χ3v) is 4.32. The van der Waals surface area contributed by atoms with Gasteiger partial charge in [0.15, 0.2) is 0 Å². The van der Waals surface area contributed by atoms with Crippen LogP contribution in [0.3, 0.4) is 0 Å². The molecule has 0 bridgehead atoms. The van der Waals surface area contributed by atoms with Gasteiger partial charge < -0.3 is 14.6 Å². The van der Waals surface area contributed by atoms with E-state index >= 15 is 0 Å². The minimum Gasteiger partial charge on any atom is -0.481 e. The van der Waals surface area contributed by atoms with Crippen LogP contribution < -0.4 is 10.1 Å². The maximum Gasteiger partial charge on any atom is 0.412 e. The maximum atomic E-state index is 11.9. The van der Waals surface area contributed by atoms with Crippen molar-refractivity contribution in [2.75, 3.05) is 12.4 Å². The number of aliphatic hydroxyl groups is 1. The Balaban J connectivity index is 2.30. The number of nitrogens with zero attached hydrogens (tertiary/aromatic N) is 1. The van der Waals surface area contributed by atoms with Crippen LogP contribution >= 0.6 is 22.9 Å². The highest BCUT2D eigenvalue weighted by molar-refractivity contribution is 7.20. The molecule has 0 unspecified atom stereocenters. The van der Waals surface area contributed by atoms with Gasteiger partial charge in [-0.2, -0.15) is 0 Å². The molecule has 0 saturated heterocycles. The molecular formula is C16H19ClN2O4S. The Morgan fingerprint density at radius 3 is 2.71 bits per heavy atom. The van der Waals surface area contributed by atoms with E-state index in [0.717, 1.165) is 10.4 Å². The Kier molecular flexibility index (Phi) is 5.69. The standard InChI is InChI=1S/C16H19ClN2O4S/c1-16(2,3)23-15(21)19-11-6-12(24-14(11)17)10-5-13(22-4)18-7-9(10)8-20/h5-7,20H,8H2,1-4H3,(H,19,21). The summed E-state index contributed by atoms with van der Waals surface area (Å²) in [6, 6.07) is 3.44. The average molecular weight is 371 g/mol. The second-order valence-electron chi connectivity index (χ2n) is 5.97. The van der Waals surface area contributed by atoms with Crippen LogP contribution in [-0.2, 0) is 11.3 Å². The van der Waals surface area contributed by atoms with Crippen LogP contribution in [0.1, 0.15) is 26.3 Å². The van der Waals surface area contributed by atoms with Crippen molar-refractivity contribution >= 4 is 34.7 Å². The monoisotopic (exact) mass is 370 g/mol. The molecule has 0 spiro atoms. The minimum absolute atomic E-state index is 0.170. The first kappa shape index (κ1) is 18.5. The lowest BCUT2D eigenvalue weighted by Crippen LogP contribution is -2.27. The van der Waals surface area contributed by atoms with Crippen molar-refractivity contribution in [1.29, 1.82) is 0 Å². The smallest absolute Gasteiger partial charge is 0.412 e.